The lowest BCUT2D eigenvalue weighted by atomic mass is 10.1. The van der Waals surface area contributed by atoms with Crippen molar-refractivity contribution in [2.45, 2.75) is 30.5 Å². The molecule has 0 saturated carbocycles. The molecule has 0 unspecified atom stereocenters. The molecule has 176 valence electrons. The molecule has 11 heteroatoms. The summed E-state index contributed by atoms with van der Waals surface area (Å²) in [6, 6.07) is 5.69. The molecular weight excluding hydrogens is 464 g/mol. The third kappa shape index (κ3) is 5.12. The highest BCUT2D eigenvalue weighted by atomic mass is 32.2. The van der Waals surface area contributed by atoms with E-state index in [1.54, 1.807) is 6.92 Å². The van der Waals surface area contributed by atoms with Crippen LogP contribution in [0.5, 0.6) is 0 Å². The van der Waals surface area contributed by atoms with Crippen LogP contribution >= 0.6 is 0 Å². The van der Waals surface area contributed by atoms with Gasteiger partial charge in [-0.2, -0.15) is 17.5 Å². The lowest BCUT2D eigenvalue weighted by Crippen LogP contribution is -2.54. The van der Waals surface area contributed by atoms with Gasteiger partial charge in [-0.15, -0.1) is 6.42 Å². The monoisotopic (exact) mass is 484 g/mol. The minimum absolute atomic E-state index is 0.0611. The second-order valence-electron chi connectivity index (χ2n) is 7.56. The van der Waals surface area contributed by atoms with Gasteiger partial charge in [0.05, 0.1) is 16.9 Å². The molecule has 0 aliphatic carbocycles. The zero-order valence-electron chi connectivity index (χ0n) is 17.4. The van der Waals surface area contributed by atoms with E-state index in [-0.39, 0.29) is 36.6 Å². The molecule has 1 fully saturated rings. The van der Waals surface area contributed by atoms with Crippen molar-refractivity contribution in [2.24, 2.45) is 0 Å². The van der Waals surface area contributed by atoms with Gasteiger partial charge in [-0.25, -0.2) is 12.8 Å². The summed E-state index contributed by atoms with van der Waals surface area (Å²) in [5, 5.41) is 9.05. The van der Waals surface area contributed by atoms with Gasteiger partial charge in [0.1, 0.15) is 11.9 Å². The molecule has 1 heterocycles. The number of carbonyl (C=O) groups is 1. The number of nitrogens with zero attached hydrogens (tertiary/aromatic N) is 2. The largest absolute Gasteiger partial charge is 0.481 e. The van der Waals surface area contributed by atoms with Gasteiger partial charge in [-0.05, 0) is 48.4 Å². The number of terminal acetylenes is 1. The van der Waals surface area contributed by atoms with Crippen LogP contribution in [0.3, 0.4) is 0 Å². The van der Waals surface area contributed by atoms with E-state index >= 15 is 0 Å². The Hall–Kier alpha value is -3.10. The van der Waals surface area contributed by atoms with Crippen LogP contribution in [-0.4, -0.2) is 49.5 Å². The molecule has 1 N–H and O–H groups in total. The van der Waals surface area contributed by atoms with E-state index in [0.29, 0.717) is 17.2 Å². The molecule has 1 aliphatic heterocycles. The predicted molar refractivity (Wildman–Crippen MR) is 113 cm³/mol. The summed E-state index contributed by atoms with van der Waals surface area (Å²) in [6.07, 6.45) is 0.381. The molecule has 1 aliphatic rings. The Morgan fingerprint density at radius 3 is 2.48 bits per heavy atom. The highest BCUT2D eigenvalue weighted by Crippen LogP contribution is 2.34. The van der Waals surface area contributed by atoms with E-state index in [1.165, 1.54) is 23.1 Å². The molecular formula is C22H20F4N2O4S. The molecule has 2 aromatic carbocycles. The van der Waals surface area contributed by atoms with Crippen molar-refractivity contribution in [3.8, 4) is 12.3 Å². The smallest absolute Gasteiger partial charge is 0.419 e. The molecule has 1 saturated heterocycles. The topological polar surface area (TPSA) is 77.9 Å². The van der Waals surface area contributed by atoms with Crippen LogP contribution in [0.1, 0.15) is 16.7 Å². The summed E-state index contributed by atoms with van der Waals surface area (Å²) in [6.45, 7) is 1.58. The van der Waals surface area contributed by atoms with Crippen molar-refractivity contribution in [3.05, 3.63) is 58.9 Å². The van der Waals surface area contributed by atoms with Gasteiger partial charge in [0.2, 0.25) is 10.0 Å². The number of anilines is 1. The number of hydrogen-bond donors (Lipinski definition) is 1. The summed E-state index contributed by atoms with van der Waals surface area (Å²) in [7, 11) is -4.09. The molecule has 0 amide bonds. The maximum Gasteiger partial charge on any atom is 0.419 e. The third-order valence-corrected chi connectivity index (χ3v) is 7.32. The summed E-state index contributed by atoms with van der Waals surface area (Å²) in [4.78, 5) is 12.5. The van der Waals surface area contributed by atoms with E-state index < -0.39 is 39.6 Å². The number of piperazine rings is 1. The van der Waals surface area contributed by atoms with Crippen LogP contribution in [0.25, 0.3) is 0 Å². The number of carboxylic acids is 1. The van der Waals surface area contributed by atoms with Crippen LogP contribution in [0, 0.1) is 25.1 Å². The highest BCUT2D eigenvalue weighted by Gasteiger charge is 2.37. The Kier molecular flexibility index (Phi) is 6.72. The van der Waals surface area contributed by atoms with Crippen LogP contribution in [0.2, 0.25) is 0 Å². The minimum Gasteiger partial charge on any atom is -0.481 e. The molecule has 0 radical (unpaired) electrons. The summed E-state index contributed by atoms with van der Waals surface area (Å²) >= 11 is 0. The quantitative estimate of drug-likeness (QED) is 0.521. The van der Waals surface area contributed by atoms with Crippen molar-refractivity contribution in [1.82, 2.24) is 4.31 Å². The maximum absolute atomic E-state index is 14.0. The standard InChI is InChI=1S/C22H20F4N2O4S/c1-3-16-13-27(17-5-7-19(20(23)12-17)22(24,25)26)8-9-28(16)33(31,32)18-6-4-14(2)15(10-18)11-21(29)30/h1,4-7,10,12,16H,8-9,11,13H2,2H3,(H,29,30)/t16-/m1/s1. The Balaban J connectivity index is 1.86. The summed E-state index contributed by atoms with van der Waals surface area (Å²) < 4.78 is 80.0. The average molecular weight is 484 g/mol. The zero-order valence-corrected chi connectivity index (χ0v) is 18.3. The average Bonchev–Trinajstić information content (AvgIpc) is 2.73. The molecule has 2 aromatic rings. The number of carboxylic acid groups (broad SMARTS) is 1. The Bertz CT molecular complexity index is 1220. The van der Waals surface area contributed by atoms with Gasteiger partial charge >= 0.3 is 12.1 Å². The SMILES string of the molecule is C#C[C@@H]1CN(c2ccc(C(F)(F)F)c(F)c2)CCN1S(=O)(=O)c1ccc(C)c(CC(=O)O)c1. The fraction of sp³-hybridized carbons (Fsp3) is 0.318. The molecule has 33 heavy (non-hydrogen) atoms. The first-order valence-electron chi connectivity index (χ1n) is 9.75. The van der Waals surface area contributed by atoms with Crippen LogP contribution in [0.4, 0.5) is 23.2 Å². The number of halogens is 4. The van der Waals surface area contributed by atoms with Gasteiger partial charge in [-0.3, -0.25) is 4.79 Å². The predicted octanol–water partition coefficient (Wildman–Crippen LogP) is 3.29. The summed E-state index contributed by atoms with van der Waals surface area (Å²) in [5.41, 5.74) is -0.270. The number of rotatable bonds is 5. The fourth-order valence-electron chi connectivity index (χ4n) is 3.65. The van der Waals surface area contributed by atoms with Gasteiger partial charge in [0.25, 0.3) is 0 Å². The lowest BCUT2D eigenvalue weighted by molar-refractivity contribution is -0.140. The zero-order chi connectivity index (χ0) is 24.6. The van der Waals surface area contributed by atoms with Crippen molar-refractivity contribution in [3.63, 3.8) is 0 Å². The minimum atomic E-state index is -4.83. The second kappa shape index (κ2) is 9.03. The van der Waals surface area contributed by atoms with Crippen molar-refractivity contribution >= 4 is 21.7 Å². The molecule has 0 spiro atoms. The first-order chi connectivity index (χ1) is 15.3. The molecule has 1 atom stereocenters. The van der Waals surface area contributed by atoms with Crippen molar-refractivity contribution < 1.29 is 35.9 Å². The van der Waals surface area contributed by atoms with E-state index in [2.05, 4.69) is 5.92 Å². The maximum atomic E-state index is 14.0. The molecule has 0 bridgehead atoms. The molecule has 6 nitrogen and oxygen atoms in total. The van der Waals surface area contributed by atoms with Gasteiger partial charge < -0.3 is 10.0 Å². The Morgan fingerprint density at radius 1 is 1.21 bits per heavy atom. The third-order valence-electron chi connectivity index (χ3n) is 5.42. The van der Waals surface area contributed by atoms with Crippen molar-refractivity contribution in [2.75, 3.05) is 24.5 Å². The first kappa shape index (κ1) is 24.5. The Morgan fingerprint density at radius 2 is 1.91 bits per heavy atom. The first-order valence-corrected chi connectivity index (χ1v) is 11.2. The van der Waals surface area contributed by atoms with Crippen molar-refractivity contribution in [1.29, 1.82) is 0 Å². The number of aryl methyl sites for hydroxylation is 1. The lowest BCUT2D eigenvalue weighted by Gasteiger charge is -2.39. The van der Waals surface area contributed by atoms with Gasteiger partial charge in [0, 0.05) is 25.3 Å². The second-order valence-corrected chi connectivity index (χ2v) is 9.46. The number of hydrogen-bond acceptors (Lipinski definition) is 4. The van der Waals surface area contributed by atoms with E-state index in [4.69, 9.17) is 11.5 Å². The van der Waals surface area contributed by atoms with Crippen LogP contribution in [0.15, 0.2) is 41.3 Å². The van der Waals surface area contributed by atoms with Gasteiger partial charge in [0.15, 0.2) is 0 Å². The fourth-order valence-corrected chi connectivity index (χ4v) is 5.24. The number of benzene rings is 2. The van der Waals surface area contributed by atoms with Crippen LogP contribution in [-0.2, 0) is 27.4 Å². The molecule has 0 aromatic heterocycles. The Labute approximate surface area is 188 Å². The molecule has 3 rings (SSSR count). The van der Waals surface area contributed by atoms with Crippen LogP contribution < -0.4 is 4.90 Å². The van der Waals surface area contributed by atoms with Gasteiger partial charge in [-0.1, -0.05) is 12.0 Å². The number of sulfonamides is 1. The van der Waals surface area contributed by atoms with E-state index in [9.17, 15) is 30.8 Å². The summed E-state index contributed by atoms with van der Waals surface area (Å²) in [5.74, 6) is -0.162. The highest BCUT2D eigenvalue weighted by molar-refractivity contribution is 7.89. The number of alkyl halides is 3. The van der Waals surface area contributed by atoms with E-state index in [0.717, 1.165) is 16.4 Å². The number of aliphatic carboxylic acids is 1. The normalized spacial score (nSPS) is 17.6. The van der Waals surface area contributed by atoms with E-state index in [1.807, 2.05) is 0 Å².